The normalized spacial score (nSPS) is 10.5. The molecule has 0 aliphatic rings. The van der Waals surface area contributed by atoms with Crippen molar-refractivity contribution in [3.8, 4) is 0 Å². The van der Waals surface area contributed by atoms with Gasteiger partial charge >= 0.3 is 5.97 Å². The maximum absolute atomic E-state index is 10.2. The molecule has 3 nitrogen and oxygen atoms in total. The van der Waals surface area contributed by atoms with E-state index in [2.05, 4.69) is 0 Å². The van der Waals surface area contributed by atoms with Gasteiger partial charge in [0.1, 0.15) is 0 Å². The minimum absolute atomic E-state index is 0.625. The smallest absolute Gasteiger partial charge is 0.328 e. The molecule has 3 N–H and O–H groups in total. The zero-order chi connectivity index (χ0) is 9.84. The number of rotatable bonds is 2. The molecule has 0 bridgehead atoms. The number of aryl methyl sites for hydroxylation is 1. The van der Waals surface area contributed by atoms with E-state index in [-0.39, 0.29) is 0 Å². The maximum atomic E-state index is 10.2. The Labute approximate surface area is 76.5 Å². The Bertz CT molecular complexity index is 356. The second-order valence-electron chi connectivity index (χ2n) is 2.75. The molecule has 0 aliphatic carbocycles. The molecule has 13 heavy (non-hydrogen) atoms. The van der Waals surface area contributed by atoms with Crippen molar-refractivity contribution >= 4 is 17.7 Å². The molecule has 1 aromatic carbocycles. The molecule has 0 radical (unpaired) electrons. The Hall–Kier alpha value is -1.77. The van der Waals surface area contributed by atoms with Crippen molar-refractivity contribution in [1.82, 2.24) is 0 Å². The molecular weight excluding hydrogens is 166 g/mol. The standard InChI is InChI=1S/C10H11NO2/c1-7-3-2-4-8(10(7)11)5-6-9(12)13/h2-6H,11H2,1H3,(H,12,13). The molecule has 0 amide bonds. The lowest BCUT2D eigenvalue weighted by Gasteiger charge is -2.02. The Balaban J connectivity index is 3.02. The number of benzene rings is 1. The van der Waals surface area contributed by atoms with Crippen LogP contribution in [0.2, 0.25) is 0 Å². The van der Waals surface area contributed by atoms with Crippen LogP contribution in [0.3, 0.4) is 0 Å². The van der Waals surface area contributed by atoms with Crippen molar-refractivity contribution in [2.24, 2.45) is 0 Å². The van der Waals surface area contributed by atoms with E-state index in [1.54, 1.807) is 6.07 Å². The summed E-state index contributed by atoms with van der Waals surface area (Å²) in [6.45, 7) is 1.88. The third-order valence-electron chi connectivity index (χ3n) is 1.76. The second kappa shape index (κ2) is 3.76. The van der Waals surface area contributed by atoms with Gasteiger partial charge in [-0.25, -0.2) is 4.79 Å². The highest BCUT2D eigenvalue weighted by Gasteiger charge is 1.97. The van der Waals surface area contributed by atoms with Crippen LogP contribution in [0.4, 0.5) is 5.69 Å². The van der Waals surface area contributed by atoms with Crippen LogP contribution in [0.25, 0.3) is 6.08 Å². The summed E-state index contributed by atoms with van der Waals surface area (Å²) in [5, 5.41) is 8.41. The number of para-hydroxylation sites is 1. The molecule has 0 fully saturated rings. The fourth-order valence-electron chi connectivity index (χ4n) is 1.01. The highest BCUT2D eigenvalue weighted by molar-refractivity contribution is 5.86. The summed E-state index contributed by atoms with van der Waals surface area (Å²) in [5.41, 5.74) is 8.04. The average molecular weight is 177 g/mol. The van der Waals surface area contributed by atoms with E-state index < -0.39 is 5.97 Å². The van der Waals surface area contributed by atoms with Gasteiger partial charge in [-0.05, 0) is 24.1 Å². The van der Waals surface area contributed by atoms with E-state index in [1.807, 2.05) is 19.1 Å². The Morgan fingerprint density at radius 1 is 1.54 bits per heavy atom. The zero-order valence-corrected chi connectivity index (χ0v) is 7.32. The van der Waals surface area contributed by atoms with Gasteiger partial charge in [-0.2, -0.15) is 0 Å². The van der Waals surface area contributed by atoms with Crippen LogP contribution in [-0.4, -0.2) is 11.1 Å². The van der Waals surface area contributed by atoms with Crippen molar-refractivity contribution in [3.63, 3.8) is 0 Å². The number of carboxylic acids is 1. The van der Waals surface area contributed by atoms with Gasteiger partial charge in [0.25, 0.3) is 0 Å². The lowest BCUT2D eigenvalue weighted by atomic mass is 10.1. The first-order chi connectivity index (χ1) is 6.11. The minimum atomic E-state index is -0.971. The highest BCUT2D eigenvalue weighted by Crippen LogP contribution is 2.17. The van der Waals surface area contributed by atoms with Crippen LogP contribution in [0.1, 0.15) is 11.1 Å². The number of nitrogen functional groups attached to an aromatic ring is 1. The third-order valence-corrected chi connectivity index (χ3v) is 1.76. The summed E-state index contributed by atoms with van der Waals surface area (Å²) in [4.78, 5) is 10.2. The Kier molecular flexibility index (Phi) is 2.69. The zero-order valence-electron chi connectivity index (χ0n) is 7.32. The predicted molar refractivity (Wildman–Crippen MR) is 52.3 cm³/mol. The van der Waals surface area contributed by atoms with Crippen LogP contribution in [0.5, 0.6) is 0 Å². The number of anilines is 1. The molecule has 3 heteroatoms. The van der Waals surface area contributed by atoms with Crippen LogP contribution in [0, 0.1) is 6.92 Å². The molecule has 0 atom stereocenters. The summed E-state index contributed by atoms with van der Waals surface area (Å²) in [5.74, 6) is -0.971. The van der Waals surface area contributed by atoms with Crippen LogP contribution < -0.4 is 5.73 Å². The maximum Gasteiger partial charge on any atom is 0.328 e. The van der Waals surface area contributed by atoms with Crippen molar-refractivity contribution < 1.29 is 9.90 Å². The van der Waals surface area contributed by atoms with Gasteiger partial charge in [-0.15, -0.1) is 0 Å². The van der Waals surface area contributed by atoms with Gasteiger partial charge in [0.15, 0.2) is 0 Å². The average Bonchev–Trinajstić information content (AvgIpc) is 2.07. The topological polar surface area (TPSA) is 63.3 Å². The molecule has 0 heterocycles. The molecule has 0 saturated carbocycles. The van der Waals surface area contributed by atoms with Crippen molar-refractivity contribution in [3.05, 3.63) is 35.4 Å². The van der Waals surface area contributed by atoms with E-state index in [4.69, 9.17) is 10.8 Å². The SMILES string of the molecule is Cc1cccc(C=CC(=O)O)c1N. The van der Waals surface area contributed by atoms with Gasteiger partial charge in [0.05, 0.1) is 0 Å². The molecule has 0 saturated heterocycles. The quantitative estimate of drug-likeness (QED) is 0.533. The number of carbonyl (C=O) groups is 1. The predicted octanol–water partition coefficient (Wildman–Crippen LogP) is 1.68. The van der Waals surface area contributed by atoms with Gasteiger partial charge in [-0.1, -0.05) is 18.2 Å². The van der Waals surface area contributed by atoms with Gasteiger partial charge in [0, 0.05) is 11.8 Å². The Morgan fingerprint density at radius 3 is 2.85 bits per heavy atom. The van der Waals surface area contributed by atoms with E-state index in [1.165, 1.54) is 6.08 Å². The number of aliphatic carboxylic acids is 1. The molecule has 68 valence electrons. The molecule has 1 aromatic rings. The largest absolute Gasteiger partial charge is 0.478 e. The van der Waals surface area contributed by atoms with Crippen molar-refractivity contribution in [2.75, 3.05) is 5.73 Å². The fraction of sp³-hybridized carbons (Fsp3) is 0.100. The lowest BCUT2D eigenvalue weighted by molar-refractivity contribution is -0.131. The summed E-state index contributed by atoms with van der Waals surface area (Å²) in [7, 11) is 0. The van der Waals surface area contributed by atoms with E-state index in [9.17, 15) is 4.79 Å². The number of hydrogen-bond acceptors (Lipinski definition) is 2. The van der Waals surface area contributed by atoms with Crippen molar-refractivity contribution in [1.29, 1.82) is 0 Å². The minimum Gasteiger partial charge on any atom is -0.478 e. The summed E-state index contributed by atoms with van der Waals surface area (Å²) in [6, 6.07) is 5.50. The van der Waals surface area contributed by atoms with E-state index >= 15 is 0 Å². The van der Waals surface area contributed by atoms with Gasteiger partial charge in [0.2, 0.25) is 0 Å². The molecule has 1 rings (SSSR count). The first-order valence-corrected chi connectivity index (χ1v) is 3.87. The molecule has 0 aliphatic heterocycles. The number of nitrogens with two attached hydrogens (primary N) is 1. The van der Waals surface area contributed by atoms with Crippen LogP contribution in [-0.2, 0) is 4.79 Å². The number of hydrogen-bond donors (Lipinski definition) is 2. The highest BCUT2D eigenvalue weighted by atomic mass is 16.4. The van der Waals surface area contributed by atoms with E-state index in [0.29, 0.717) is 5.69 Å². The molecule has 0 aromatic heterocycles. The van der Waals surface area contributed by atoms with Crippen molar-refractivity contribution in [2.45, 2.75) is 6.92 Å². The summed E-state index contributed by atoms with van der Waals surface area (Å²) >= 11 is 0. The fourth-order valence-corrected chi connectivity index (χ4v) is 1.01. The molecular formula is C10H11NO2. The monoisotopic (exact) mass is 177 g/mol. The molecule has 0 spiro atoms. The number of carboxylic acid groups (broad SMARTS) is 1. The second-order valence-corrected chi connectivity index (χ2v) is 2.75. The van der Waals surface area contributed by atoms with Crippen LogP contribution in [0.15, 0.2) is 24.3 Å². The first kappa shape index (κ1) is 9.32. The molecule has 0 unspecified atom stereocenters. The first-order valence-electron chi connectivity index (χ1n) is 3.87. The summed E-state index contributed by atoms with van der Waals surface area (Å²) < 4.78 is 0. The summed E-state index contributed by atoms with van der Waals surface area (Å²) in [6.07, 6.45) is 2.57. The van der Waals surface area contributed by atoms with E-state index in [0.717, 1.165) is 17.2 Å². The third kappa shape index (κ3) is 2.33. The van der Waals surface area contributed by atoms with Gasteiger partial charge < -0.3 is 10.8 Å². The lowest BCUT2D eigenvalue weighted by Crippen LogP contribution is -1.93. The Morgan fingerprint density at radius 2 is 2.23 bits per heavy atom. The van der Waals surface area contributed by atoms with Gasteiger partial charge in [-0.3, -0.25) is 0 Å². The van der Waals surface area contributed by atoms with Crippen LogP contribution >= 0.6 is 0 Å².